The monoisotopic (exact) mass is 417 g/mol. The number of aromatic amines is 1. The molecule has 2 aromatic carbocycles. The van der Waals surface area contributed by atoms with Crippen LogP contribution < -0.4 is 10.6 Å². The van der Waals surface area contributed by atoms with E-state index in [-0.39, 0.29) is 12.5 Å². The van der Waals surface area contributed by atoms with Gasteiger partial charge in [-0.15, -0.1) is 0 Å². The summed E-state index contributed by atoms with van der Waals surface area (Å²) in [6.45, 7) is 0.871. The minimum atomic E-state index is -0.00860. The number of H-pyrrole nitrogens is 1. The molecule has 0 saturated heterocycles. The van der Waals surface area contributed by atoms with E-state index in [2.05, 4.69) is 69.1 Å². The molecule has 0 bridgehead atoms. The van der Waals surface area contributed by atoms with E-state index in [1.165, 1.54) is 22.2 Å². The molecule has 6 heteroatoms. The van der Waals surface area contributed by atoms with Gasteiger partial charge in [-0.25, -0.2) is 4.99 Å². The van der Waals surface area contributed by atoms with E-state index in [1.54, 1.807) is 19.0 Å². The van der Waals surface area contributed by atoms with E-state index in [9.17, 15) is 4.79 Å². The van der Waals surface area contributed by atoms with Crippen LogP contribution in [0.4, 0.5) is 0 Å². The highest BCUT2D eigenvalue weighted by molar-refractivity contribution is 5.85. The Morgan fingerprint density at radius 1 is 1.13 bits per heavy atom. The van der Waals surface area contributed by atoms with Crippen molar-refractivity contribution in [2.75, 3.05) is 27.2 Å². The first kappa shape index (κ1) is 21.0. The van der Waals surface area contributed by atoms with Gasteiger partial charge >= 0.3 is 0 Å². The fourth-order valence-electron chi connectivity index (χ4n) is 4.04. The molecule has 0 spiro atoms. The van der Waals surface area contributed by atoms with Crippen LogP contribution in [0.1, 0.15) is 23.2 Å². The molecular formula is C25H31N5O. The lowest BCUT2D eigenvalue weighted by Crippen LogP contribution is -2.46. The second-order valence-corrected chi connectivity index (χ2v) is 8.36. The smallest absolute Gasteiger partial charge is 0.243 e. The Balaban J connectivity index is 1.39. The number of aryl methyl sites for hydroxylation is 1. The van der Waals surface area contributed by atoms with Crippen molar-refractivity contribution < 1.29 is 4.79 Å². The molecule has 0 aliphatic heterocycles. The van der Waals surface area contributed by atoms with Gasteiger partial charge in [0.05, 0.1) is 0 Å². The van der Waals surface area contributed by atoms with Crippen molar-refractivity contribution in [2.24, 2.45) is 4.99 Å². The summed E-state index contributed by atoms with van der Waals surface area (Å²) in [5, 5.41) is 8.21. The molecule has 3 N–H and O–H groups in total. The molecule has 0 saturated carbocycles. The lowest BCUT2D eigenvalue weighted by molar-refractivity contribution is -0.127. The normalized spacial score (nSPS) is 16.1. The zero-order chi connectivity index (χ0) is 21.6. The number of aromatic nitrogens is 1. The van der Waals surface area contributed by atoms with Crippen LogP contribution >= 0.6 is 0 Å². The number of carbonyl (C=O) groups is 1. The number of hydrogen-bond donors (Lipinski definition) is 3. The Hall–Kier alpha value is -3.28. The van der Waals surface area contributed by atoms with E-state index in [0.717, 1.165) is 37.7 Å². The summed E-state index contributed by atoms with van der Waals surface area (Å²) in [5.41, 5.74) is 5.17. The van der Waals surface area contributed by atoms with Gasteiger partial charge in [-0.3, -0.25) is 4.79 Å². The van der Waals surface area contributed by atoms with Crippen LogP contribution in [0.5, 0.6) is 0 Å². The lowest BCUT2D eigenvalue weighted by Gasteiger charge is -2.27. The van der Waals surface area contributed by atoms with E-state index >= 15 is 0 Å². The van der Waals surface area contributed by atoms with Gasteiger partial charge in [0.15, 0.2) is 5.96 Å². The van der Waals surface area contributed by atoms with Crippen LogP contribution in [0.2, 0.25) is 0 Å². The molecule has 31 heavy (non-hydrogen) atoms. The molecule has 6 nitrogen and oxygen atoms in total. The van der Waals surface area contributed by atoms with E-state index in [4.69, 9.17) is 0 Å². The van der Waals surface area contributed by atoms with Gasteiger partial charge in [0.2, 0.25) is 5.91 Å². The number of carbonyl (C=O) groups excluding carboxylic acids is 1. The quantitative estimate of drug-likeness (QED) is 0.427. The highest BCUT2D eigenvalue weighted by Crippen LogP contribution is 2.21. The molecule has 1 aliphatic rings. The second-order valence-electron chi connectivity index (χ2n) is 8.36. The van der Waals surface area contributed by atoms with Gasteiger partial charge in [0.25, 0.3) is 0 Å². The van der Waals surface area contributed by atoms with Crippen molar-refractivity contribution in [2.45, 2.75) is 31.7 Å². The van der Waals surface area contributed by atoms with Crippen molar-refractivity contribution in [3.63, 3.8) is 0 Å². The number of nitrogens with one attached hydrogen (secondary N) is 3. The molecule has 1 aromatic heterocycles. The molecule has 0 fully saturated rings. The first-order chi connectivity index (χ1) is 15.1. The highest BCUT2D eigenvalue weighted by Gasteiger charge is 2.19. The summed E-state index contributed by atoms with van der Waals surface area (Å²) < 4.78 is 0. The van der Waals surface area contributed by atoms with Crippen LogP contribution in [-0.4, -0.2) is 55.0 Å². The Morgan fingerprint density at radius 3 is 2.71 bits per heavy atom. The standard InChI is InChI=1S/C25H31N5O/c1-30(2)24(31)17-27-25(29-21-12-11-18-7-3-4-8-19(18)15-21)26-14-13-22-16-20-9-5-6-10-23(20)28-22/h3-10,16,21,28H,11-15,17H2,1-2H3,(H2,26,27,29). The fourth-order valence-corrected chi connectivity index (χ4v) is 4.04. The molecule has 1 heterocycles. The van der Waals surface area contributed by atoms with E-state index < -0.39 is 0 Å². The summed E-state index contributed by atoms with van der Waals surface area (Å²) in [5.74, 6) is 0.696. The van der Waals surface area contributed by atoms with Crippen molar-refractivity contribution in [1.82, 2.24) is 20.5 Å². The summed E-state index contributed by atoms with van der Waals surface area (Å²) in [6, 6.07) is 19.4. The second kappa shape index (κ2) is 9.69. The maximum atomic E-state index is 12.1. The van der Waals surface area contributed by atoms with Gasteiger partial charge in [-0.2, -0.15) is 0 Å². The zero-order valence-electron chi connectivity index (χ0n) is 18.3. The van der Waals surface area contributed by atoms with Crippen molar-refractivity contribution in [3.8, 4) is 0 Å². The number of para-hydroxylation sites is 1. The summed E-state index contributed by atoms with van der Waals surface area (Å²) in [7, 11) is 3.51. The summed E-state index contributed by atoms with van der Waals surface area (Å²) in [4.78, 5) is 21.7. The number of nitrogens with zero attached hydrogens (tertiary/aromatic N) is 2. The van der Waals surface area contributed by atoms with Crippen LogP contribution in [0.3, 0.4) is 0 Å². The number of fused-ring (bicyclic) bond motifs is 2. The van der Waals surface area contributed by atoms with Crippen molar-refractivity contribution in [1.29, 1.82) is 0 Å². The molecule has 3 aromatic rings. The Kier molecular flexibility index (Phi) is 6.55. The third kappa shape index (κ3) is 5.45. The molecular weight excluding hydrogens is 386 g/mol. The average Bonchev–Trinajstić information content (AvgIpc) is 3.19. The predicted octanol–water partition coefficient (Wildman–Crippen LogP) is 2.89. The first-order valence-electron chi connectivity index (χ1n) is 11.0. The number of benzene rings is 2. The lowest BCUT2D eigenvalue weighted by atomic mass is 9.88. The Bertz CT molecular complexity index is 1040. The summed E-state index contributed by atoms with van der Waals surface area (Å²) >= 11 is 0. The summed E-state index contributed by atoms with van der Waals surface area (Å²) in [6.07, 6.45) is 3.94. The third-order valence-electron chi connectivity index (χ3n) is 5.83. The van der Waals surface area contributed by atoms with Gasteiger partial charge in [0, 0.05) is 44.3 Å². The van der Waals surface area contributed by atoms with E-state index in [1.807, 2.05) is 6.07 Å². The molecule has 162 valence electrons. The minimum absolute atomic E-state index is 0.00860. The molecule has 4 rings (SSSR count). The van der Waals surface area contributed by atoms with Crippen LogP contribution in [0, 0.1) is 0 Å². The number of likely N-dealkylation sites (N-methyl/N-ethyl adjacent to an activating group) is 1. The Morgan fingerprint density at radius 2 is 1.90 bits per heavy atom. The maximum Gasteiger partial charge on any atom is 0.243 e. The third-order valence-corrected chi connectivity index (χ3v) is 5.83. The van der Waals surface area contributed by atoms with Gasteiger partial charge in [0.1, 0.15) is 6.54 Å². The number of rotatable bonds is 6. The fraction of sp³-hybridized carbons (Fsp3) is 0.360. The van der Waals surface area contributed by atoms with Gasteiger partial charge in [-0.1, -0.05) is 42.5 Å². The van der Waals surface area contributed by atoms with E-state index in [0.29, 0.717) is 12.0 Å². The van der Waals surface area contributed by atoms with Gasteiger partial charge < -0.3 is 20.5 Å². The van der Waals surface area contributed by atoms with Crippen LogP contribution in [-0.2, 0) is 24.1 Å². The van der Waals surface area contributed by atoms with Crippen LogP contribution in [0.15, 0.2) is 59.6 Å². The van der Waals surface area contributed by atoms with Crippen molar-refractivity contribution in [3.05, 3.63) is 71.4 Å². The number of aliphatic imine (C=N–C) groups is 1. The first-order valence-corrected chi connectivity index (χ1v) is 11.0. The highest BCUT2D eigenvalue weighted by atomic mass is 16.2. The number of guanidine groups is 1. The van der Waals surface area contributed by atoms with Gasteiger partial charge in [-0.05, 0) is 47.9 Å². The van der Waals surface area contributed by atoms with Crippen LogP contribution in [0.25, 0.3) is 10.9 Å². The average molecular weight is 418 g/mol. The minimum Gasteiger partial charge on any atom is -0.358 e. The SMILES string of the molecule is CN(C)C(=O)CN=C(NCCc1cc2ccccc2[nH]1)NC1CCc2ccccc2C1. The molecule has 0 radical (unpaired) electrons. The molecule has 1 aliphatic carbocycles. The molecule has 1 amide bonds. The number of amides is 1. The Labute approximate surface area is 183 Å². The maximum absolute atomic E-state index is 12.1. The molecule has 1 atom stereocenters. The largest absolute Gasteiger partial charge is 0.358 e. The van der Waals surface area contributed by atoms with Crippen molar-refractivity contribution >= 4 is 22.8 Å². The zero-order valence-corrected chi connectivity index (χ0v) is 18.3. The number of hydrogen-bond acceptors (Lipinski definition) is 2. The predicted molar refractivity (Wildman–Crippen MR) is 126 cm³/mol. The topological polar surface area (TPSA) is 72.5 Å². The molecule has 1 unspecified atom stereocenters.